The van der Waals surface area contributed by atoms with Crippen molar-refractivity contribution in [1.29, 1.82) is 0 Å². The second kappa shape index (κ2) is 8.37. The van der Waals surface area contributed by atoms with E-state index in [1.165, 1.54) is 65.3 Å². The van der Waals surface area contributed by atoms with Crippen LogP contribution in [0.4, 0.5) is 0 Å². The second-order valence-corrected chi connectivity index (χ2v) is 15.5. The third-order valence-electron chi connectivity index (χ3n) is 8.25. The Morgan fingerprint density at radius 3 is 1.40 bits per heavy atom. The monoisotopic (exact) mass is 512 g/mol. The number of alkyl halides is 2. The summed E-state index contributed by atoms with van der Waals surface area (Å²) in [6, 6.07) is 26.6. The van der Waals surface area contributed by atoms with E-state index in [9.17, 15) is 0 Å². The van der Waals surface area contributed by atoms with Gasteiger partial charge in [0.05, 0.1) is 10.8 Å². The topological polar surface area (TPSA) is 0 Å². The molecule has 0 amide bonds. The fraction of sp³-hybridized carbons (Fsp3) is 0.250. The van der Waals surface area contributed by atoms with Crippen molar-refractivity contribution < 1.29 is 0 Å². The van der Waals surface area contributed by atoms with Crippen LogP contribution in [0.2, 0.25) is 13.1 Å². The van der Waals surface area contributed by atoms with Crippen LogP contribution in [0.3, 0.4) is 0 Å². The lowest BCUT2D eigenvalue weighted by atomic mass is 9.99. The summed E-state index contributed by atoms with van der Waals surface area (Å²) in [7, 11) is -2.18. The molecule has 2 aliphatic rings. The van der Waals surface area contributed by atoms with Gasteiger partial charge in [0.2, 0.25) is 0 Å². The molecule has 3 heteroatoms. The molecule has 0 nitrogen and oxygen atoms in total. The van der Waals surface area contributed by atoms with Crippen LogP contribution in [0.1, 0.15) is 59.7 Å². The van der Waals surface area contributed by atoms with Gasteiger partial charge in [-0.3, -0.25) is 0 Å². The van der Waals surface area contributed by atoms with Crippen LogP contribution < -0.4 is 0 Å². The molecular formula is C32H30Cl2Si. The summed E-state index contributed by atoms with van der Waals surface area (Å²) in [6.45, 7) is 9.56. The minimum absolute atomic E-state index is 0.0715. The molecule has 2 unspecified atom stereocenters. The van der Waals surface area contributed by atoms with E-state index in [4.69, 9.17) is 23.2 Å². The Bertz CT molecular complexity index is 1460. The van der Waals surface area contributed by atoms with Gasteiger partial charge in [0, 0.05) is 0 Å². The molecular weight excluding hydrogens is 483 g/mol. The molecule has 35 heavy (non-hydrogen) atoms. The highest BCUT2D eigenvalue weighted by molar-refractivity contribution is 7.09. The van der Waals surface area contributed by atoms with E-state index in [2.05, 4.69) is 99.7 Å². The number of rotatable bonds is 4. The lowest BCUT2D eigenvalue weighted by Crippen LogP contribution is -2.31. The largest absolute Gasteiger partial charge is 0.113 e. The maximum atomic E-state index is 7.29. The molecule has 0 aliphatic heterocycles. The molecule has 0 saturated heterocycles. The molecule has 0 spiro atoms. The van der Waals surface area contributed by atoms with E-state index in [1.54, 1.807) is 0 Å². The van der Waals surface area contributed by atoms with Gasteiger partial charge >= 0.3 is 0 Å². The maximum absolute atomic E-state index is 7.29. The number of hydrogen-bond donors (Lipinski definition) is 0. The normalized spacial score (nSPS) is 19.7. The Morgan fingerprint density at radius 1 is 0.600 bits per heavy atom. The van der Waals surface area contributed by atoms with E-state index in [1.807, 2.05) is 0 Å². The zero-order chi connectivity index (χ0) is 24.5. The number of benzene rings is 4. The van der Waals surface area contributed by atoms with Crippen LogP contribution in [-0.2, 0) is 0 Å². The highest BCUT2D eigenvalue weighted by Crippen LogP contribution is 2.58. The average Bonchev–Trinajstić information content (AvgIpc) is 3.35. The van der Waals surface area contributed by atoms with Crippen molar-refractivity contribution >= 4 is 63.2 Å². The molecule has 0 bridgehead atoms. The van der Waals surface area contributed by atoms with Gasteiger partial charge in [0.25, 0.3) is 0 Å². The van der Waals surface area contributed by atoms with Crippen molar-refractivity contribution in [1.82, 2.24) is 0 Å². The van der Waals surface area contributed by atoms with Gasteiger partial charge in [0.1, 0.15) is 8.07 Å². The van der Waals surface area contributed by atoms with E-state index >= 15 is 0 Å². The van der Waals surface area contributed by atoms with Crippen molar-refractivity contribution in [3.63, 3.8) is 0 Å². The number of hydrogen-bond acceptors (Lipinski definition) is 0. The quantitative estimate of drug-likeness (QED) is 0.188. The average molecular weight is 514 g/mol. The molecule has 4 aromatic rings. The zero-order valence-corrected chi connectivity index (χ0v) is 23.3. The summed E-state index contributed by atoms with van der Waals surface area (Å²) < 4.78 is 0. The third kappa shape index (κ3) is 3.18. The van der Waals surface area contributed by atoms with Crippen molar-refractivity contribution in [2.24, 2.45) is 0 Å². The Labute approximate surface area is 219 Å². The highest BCUT2D eigenvalue weighted by atomic mass is 35.5. The van der Waals surface area contributed by atoms with Crippen molar-refractivity contribution in [3.8, 4) is 0 Å². The molecule has 0 saturated carbocycles. The Balaban J connectivity index is 1.63. The van der Waals surface area contributed by atoms with Gasteiger partial charge in [0.15, 0.2) is 0 Å². The third-order valence-corrected chi connectivity index (χ3v) is 12.9. The molecule has 0 radical (unpaired) electrons. The van der Waals surface area contributed by atoms with Crippen molar-refractivity contribution in [2.45, 2.75) is 50.5 Å². The Hall–Kier alpha value is -2.32. The van der Waals surface area contributed by atoms with Gasteiger partial charge in [-0.2, -0.15) is 0 Å². The van der Waals surface area contributed by atoms with Gasteiger partial charge in [-0.15, -0.1) is 23.2 Å². The van der Waals surface area contributed by atoms with Crippen LogP contribution in [0.15, 0.2) is 83.9 Å². The summed E-state index contributed by atoms with van der Waals surface area (Å²) in [5.74, 6) is 0. The molecule has 0 aromatic heterocycles. The fourth-order valence-corrected chi connectivity index (χ4v) is 12.3. The zero-order valence-electron chi connectivity index (χ0n) is 20.8. The van der Waals surface area contributed by atoms with E-state index in [0.29, 0.717) is 0 Å². The first-order chi connectivity index (χ1) is 16.9. The minimum atomic E-state index is -2.18. The summed E-state index contributed by atoms with van der Waals surface area (Å²) in [5.41, 5.74) is 8.13. The molecule has 2 atom stereocenters. The second-order valence-electron chi connectivity index (χ2n) is 10.4. The Morgan fingerprint density at radius 2 is 1.00 bits per heavy atom. The van der Waals surface area contributed by atoms with Gasteiger partial charge in [-0.05, 0) is 78.2 Å². The van der Waals surface area contributed by atoms with Gasteiger partial charge < -0.3 is 0 Å². The number of halogens is 2. The molecule has 2 aliphatic carbocycles. The SMILES string of the molecule is CCC1=C([Si](C)(C)C2=C(CC)C(Cl)c3c2ccc2ccccc32)c2ccc3ccccc3c2C1Cl. The summed E-state index contributed by atoms with van der Waals surface area (Å²) >= 11 is 14.6. The first-order valence-electron chi connectivity index (χ1n) is 12.7. The van der Waals surface area contributed by atoms with Crippen LogP contribution in [-0.4, -0.2) is 8.07 Å². The Kier molecular flexibility index (Phi) is 5.52. The lowest BCUT2D eigenvalue weighted by molar-refractivity contribution is 1.01. The number of allylic oxidation sites excluding steroid dienone is 2. The summed E-state index contributed by atoms with van der Waals surface area (Å²) in [6.07, 6.45) is 1.93. The molecule has 176 valence electrons. The predicted octanol–water partition coefficient (Wildman–Crippen LogP) is 10.4. The van der Waals surface area contributed by atoms with Crippen LogP contribution in [0.25, 0.3) is 31.9 Å². The molecule has 0 N–H and O–H groups in total. The van der Waals surface area contributed by atoms with Gasteiger partial charge in [-0.25, -0.2) is 0 Å². The molecule has 0 fully saturated rings. The summed E-state index contributed by atoms with van der Waals surface area (Å²) in [4.78, 5) is 0. The summed E-state index contributed by atoms with van der Waals surface area (Å²) in [5, 5.41) is 8.00. The predicted molar refractivity (Wildman–Crippen MR) is 157 cm³/mol. The molecule has 4 aromatic carbocycles. The smallest absolute Gasteiger partial charge is 0.113 e. The lowest BCUT2D eigenvalue weighted by Gasteiger charge is -2.31. The molecule has 0 heterocycles. The molecule has 6 rings (SSSR count). The van der Waals surface area contributed by atoms with Crippen LogP contribution in [0.5, 0.6) is 0 Å². The van der Waals surface area contributed by atoms with Crippen molar-refractivity contribution in [2.75, 3.05) is 0 Å². The van der Waals surface area contributed by atoms with E-state index < -0.39 is 8.07 Å². The maximum Gasteiger partial charge on any atom is 0.113 e. The first kappa shape index (κ1) is 23.1. The van der Waals surface area contributed by atoms with Crippen LogP contribution in [0, 0.1) is 0 Å². The first-order valence-corrected chi connectivity index (χ1v) is 16.6. The standard InChI is InChI=1S/C32H30Cl2Si/c1-5-21-29(33)27-23-13-9-7-11-19(23)15-17-25(27)31(21)35(3,4)32-22(6-2)30(34)28-24-14-10-8-12-20(24)16-18-26(28)32/h7-18,29-30H,5-6H2,1-4H3. The van der Waals surface area contributed by atoms with Crippen LogP contribution >= 0.6 is 23.2 Å². The highest BCUT2D eigenvalue weighted by Gasteiger charge is 2.46. The van der Waals surface area contributed by atoms with Crippen molar-refractivity contribution in [3.05, 3.63) is 106 Å². The number of fused-ring (bicyclic) bond motifs is 6. The fourth-order valence-electron chi connectivity index (χ4n) is 6.83. The van der Waals surface area contributed by atoms with Gasteiger partial charge in [-0.1, -0.05) is 99.7 Å². The van der Waals surface area contributed by atoms with E-state index in [-0.39, 0.29) is 10.8 Å². The van der Waals surface area contributed by atoms with E-state index in [0.717, 1.165) is 12.8 Å². The minimum Gasteiger partial charge on any atom is -0.113 e.